The van der Waals surface area contributed by atoms with Crippen molar-refractivity contribution in [3.8, 4) is 50.7 Å². The van der Waals surface area contributed by atoms with Crippen molar-refractivity contribution in [1.29, 1.82) is 0 Å². The molecule has 0 radical (unpaired) electrons. The summed E-state index contributed by atoms with van der Waals surface area (Å²) in [6.07, 6.45) is 8.28. The Morgan fingerprint density at radius 1 is 0.482 bits per heavy atom. The first-order chi connectivity index (χ1) is 27.8. The molecule has 0 aliphatic heterocycles. The van der Waals surface area contributed by atoms with Gasteiger partial charge in [-0.2, -0.15) is 0 Å². The van der Waals surface area contributed by atoms with Crippen molar-refractivity contribution in [2.24, 2.45) is 0 Å². The van der Waals surface area contributed by atoms with Gasteiger partial charge in [-0.25, -0.2) is 15.0 Å². The van der Waals surface area contributed by atoms with Crippen LogP contribution < -0.4 is 0 Å². The fourth-order valence-electron chi connectivity index (χ4n) is 8.26. The Labute approximate surface area is 323 Å². The highest BCUT2D eigenvalue weighted by molar-refractivity contribution is 6.17. The monoisotopic (exact) mass is 718 g/mol. The maximum Gasteiger partial charge on any atom is 0.164 e. The van der Waals surface area contributed by atoms with E-state index in [9.17, 15) is 0 Å². The fraction of sp³-hybridized carbons (Fsp3) is 0.0392. The van der Waals surface area contributed by atoms with Crippen molar-refractivity contribution >= 4 is 49.3 Å². The number of fused-ring (bicyclic) bond motifs is 6. The lowest BCUT2D eigenvalue weighted by atomic mass is 9.98. The van der Waals surface area contributed by atoms with E-state index in [-0.39, 0.29) is 0 Å². The van der Waals surface area contributed by atoms with E-state index in [0.29, 0.717) is 11.6 Å². The van der Waals surface area contributed by atoms with Gasteiger partial charge in [0.1, 0.15) is 11.2 Å². The molecule has 0 saturated heterocycles. The van der Waals surface area contributed by atoms with Gasteiger partial charge < -0.3 is 8.98 Å². The SMILES string of the molecule is C1=CCCC(c2nc(-c3ccccc3)nc(-c3ccc(-c4cccc5c4c4ccccc4n5-c4cc(-c5ccccc5)c5oc6ccccc6c5c4)cc3)n2)=C1. The molecule has 0 fully saturated rings. The molecule has 0 unspecified atom stereocenters. The lowest BCUT2D eigenvalue weighted by Gasteiger charge is -2.13. The zero-order chi connectivity index (χ0) is 37.0. The van der Waals surface area contributed by atoms with Crippen LogP contribution in [0.3, 0.4) is 0 Å². The average molecular weight is 719 g/mol. The van der Waals surface area contributed by atoms with E-state index in [1.54, 1.807) is 0 Å². The smallest absolute Gasteiger partial charge is 0.164 e. The van der Waals surface area contributed by atoms with Crippen LogP contribution in [0.25, 0.3) is 100 Å². The van der Waals surface area contributed by atoms with E-state index >= 15 is 0 Å². The summed E-state index contributed by atoms with van der Waals surface area (Å²) in [7, 11) is 0. The van der Waals surface area contributed by atoms with Crippen molar-refractivity contribution in [3.05, 3.63) is 188 Å². The molecule has 0 N–H and O–H groups in total. The molecular formula is C51H34N4O. The first-order valence-corrected chi connectivity index (χ1v) is 19.1. The maximum absolute atomic E-state index is 6.54. The van der Waals surface area contributed by atoms with E-state index in [0.717, 1.165) is 90.7 Å². The lowest BCUT2D eigenvalue weighted by Crippen LogP contribution is -2.03. The number of furan rings is 1. The third-order valence-electron chi connectivity index (χ3n) is 10.9. The van der Waals surface area contributed by atoms with Crippen LogP contribution in [0.4, 0.5) is 0 Å². The summed E-state index contributed by atoms with van der Waals surface area (Å²) >= 11 is 0. The van der Waals surface area contributed by atoms with Gasteiger partial charge >= 0.3 is 0 Å². The molecule has 1 aliphatic carbocycles. The molecule has 0 atom stereocenters. The third-order valence-corrected chi connectivity index (χ3v) is 10.9. The quantitative estimate of drug-likeness (QED) is 0.172. The first-order valence-electron chi connectivity index (χ1n) is 19.1. The molecule has 3 aromatic heterocycles. The van der Waals surface area contributed by atoms with E-state index in [1.165, 1.54) is 16.3 Å². The molecule has 264 valence electrons. The van der Waals surface area contributed by atoms with Gasteiger partial charge in [0, 0.05) is 43.9 Å². The summed E-state index contributed by atoms with van der Waals surface area (Å²) in [5.41, 5.74) is 12.7. The van der Waals surface area contributed by atoms with Gasteiger partial charge in [-0.3, -0.25) is 0 Å². The summed E-state index contributed by atoms with van der Waals surface area (Å²) < 4.78 is 8.95. The molecule has 0 bridgehead atoms. The van der Waals surface area contributed by atoms with Crippen LogP contribution in [-0.4, -0.2) is 19.5 Å². The second-order valence-electron chi connectivity index (χ2n) is 14.3. The molecule has 0 amide bonds. The molecule has 7 aromatic carbocycles. The van der Waals surface area contributed by atoms with E-state index in [2.05, 4.69) is 162 Å². The van der Waals surface area contributed by atoms with Gasteiger partial charge in [-0.15, -0.1) is 0 Å². The van der Waals surface area contributed by atoms with Crippen LogP contribution in [0.2, 0.25) is 0 Å². The van der Waals surface area contributed by atoms with E-state index in [4.69, 9.17) is 19.4 Å². The Balaban J connectivity index is 1.07. The molecular weight excluding hydrogens is 685 g/mol. The summed E-state index contributed by atoms with van der Waals surface area (Å²) in [6, 6.07) is 57.6. The number of hydrogen-bond acceptors (Lipinski definition) is 4. The Morgan fingerprint density at radius 2 is 1.11 bits per heavy atom. The fourth-order valence-corrected chi connectivity index (χ4v) is 8.26. The van der Waals surface area contributed by atoms with Crippen LogP contribution in [0, 0.1) is 0 Å². The number of allylic oxidation sites excluding steroid dienone is 4. The molecule has 5 nitrogen and oxygen atoms in total. The minimum atomic E-state index is 0.669. The zero-order valence-corrected chi connectivity index (χ0v) is 30.4. The van der Waals surface area contributed by atoms with Crippen LogP contribution >= 0.6 is 0 Å². The standard InChI is InChI=1S/C51H34N4O/c1-4-15-33(16-5-1)42-31-38(32-43-40-21-11-13-26-46(40)56-48(42)43)55-44-24-12-10-22-41(44)47-39(23-14-25-45(47)55)34-27-29-37(30-28-34)51-53-49(35-17-6-2-7-18-35)52-50(54-51)36-19-8-3-9-20-36/h1-8,10-19,21-32H,9,20H2. The number of hydrogen-bond donors (Lipinski definition) is 0. The van der Waals surface area contributed by atoms with Crippen molar-refractivity contribution < 1.29 is 4.42 Å². The predicted molar refractivity (Wildman–Crippen MR) is 230 cm³/mol. The number of rotatable bonds is 6. The normalized spacial score (nSPS) is 12.9. The van der Waals surface area contributed by atoms with Crippen molar-refractivity contribution in [2.45, 2.75) is 12.8 Å². The van der Waals surface area contributed by atoms with Crippen LogP contribution in [0.5, 0.6) is 0 Å². The molecule has 0 saturated carbocycles. The summed E-state index contributed by atoms with van der Waals surface area (Å²) in [5.74, 6) is 2.08. The summed E-state index contributed by atoms with van der Waals surface area (Å²) in [4.78, 5) is 14.9. The number of aromatic nitrogens is 4. The predicted octanol–water partition coefficient (Wildman–Crippen LogP) is 13.3. The molecule has 1 aliphatic rings. The molecule has 3 heterocycles. The van der Waals surface area contributed by atoms with Gasteiger partial charge in [-0.1, -0.05) is 152 Å². The first kappa shape index (κ1) is 32.1. The molecule has 56 heavy (non-hydrogen) atoms. The number of para-hydroxylation sites is 2. The minimum absolute atomic E-state index is 0.669. The van der Waals surface area contributed by atoms with Crippen LogP contribution in [-0.2, 0) is 0 Å². The minimum Gasteiger partial charge on any atom is -0.455 e. The van der Waals surface area contributed by atoms with Crippen LogP contribution in [0.1, 0.15) is 18.7 Å². The highest BCUT2D eigenvalue weighted by Crippen LogP contribution is 2.42. The van der Waals surface area contributed by atoms with Gasteiger partial charge in [0.2, 0.25) is 0 Å². The summed E-state index contributed by atoms with van der Waals surface area (Å²) in [5, 5.41) is 4.62. The molecule has 5 heteroatoms. The second-order valence-corrected chi connectivity index (χ2v) is 14.3. The Hall–Kier alpha value is -7.37. The van der Waals surface area contributed by atoms with Gasteiger partial charge in [-0.05, 0) is 65.4 Å². The molecule has 10 aromatic rings. The highest BCUT2D eigenvalue weighted by atomic mass is 16.3. The lowest BCUT2D eigenvalue weighted by molar-refractivity contribution is 0.670. The van der Waals surface area contributed by atoms with Crippen molar-refractivity contribution in [1.82, 2.24) is 19.5 Å². The van der Waals surface area contributed by atoms with Crippen LogP contribution in [0.15, 0.2) is 186 Å². The Kier molecular flexibility index (Phi) is 7.56. The van der Waals surface area contributed by atoms with Gasteiger partial charge in [0.15, 0.2) is 17.5 Å². The summed E-state index contributed by atoms with van der Waals surface area (Å²) in [6.45, 7) is 0. The maximum atomic E-state index is 6.54. The number of nitrogens with zero attached hydrogens (tertiary/aromatic N) is 4. The second kappa shape index (κ2) is 13.2. The third kappa shape index (κ3) is 5.36. The molecule has 0 spiro atoms. The number of benzene rings is 7. The topological polar surface area (TPSA) is 56.7 Å². The van der Waals surface area contributed by atoms with E-state index in [1.807, 2.05) is 24.3 Å². The highest BCUT2D eigenvalue weighted by Gasteiger charge is 2.20. The van der Waals surface area contributed by atoms with Crippen molar-refractivity contribution in [2.75, 3.05) is 0 Å². The Morgan fingerprint density at radius 3 is 1.88 bits per heavy atom. The average Bonchev–Trinajstić information content (AvgIpc) is 3.83. The van der Waals surface area contributed by atoms with E-state index < -0.39 is 0 Å². The molecule has 11 rings (SSSR count). The zero-order valence-electron chi connectivity index (χ0n) is 30.4. The van der Waals surface area contributed by atoms with Gasteiger partial charge in [0.05, 0.1) is 11.0 Å². The van der Waals surface area contributed by atoms with Gasteiger partial charge in [0.25, 0.3) is 0 Å². The van der Waals surface area contributed by atoms with Crippen molar-refractivity contribution in [3.63, 3.8) is 0 Å². The Bertz CT molecular complexity index is 3170. The largest absolute Gasteiger partial charge is 0.455 e.